The lowest BCUT2D eigenvalue weighted by Crippen LogP contribution is -2.02. The maximum Gasteiger partial charge on any atom is 0.137 e. The lowest BCUT2D eigenvalue weighted by molar-refractivity contribution is 0.622. The van der Waals surface area contributed by atoms with Crippen LogP contribution < -0.4 is 0 Å². The molecular weight excluding hydrogens is 230 g/mol. The standard InChI is InChI=1S/C13H17N3S/c1-9-10(2)15-16-13(12(9)7-14)17-8-11-5-3-4-6-11/h11H,3-6,8H2,1-2H3. The van der Waals surface area contributed by atoms with E-state index in [0.29, 0.717) is 5.56 Å². The fraction of sp³-hybridized carbons (Fsp3) is 0.615. The van der Waals surface area contributed by atoms with Gasteiger partial charge in [0.25, 0.3) is 0 Å². The van der Waals surface area contributed by atoms with Gasteiger partial charge in [-0.3, -0.25) is 0 Å². The van der Waals surface area contributed by atoms with Crippen molar-refractivity contribution in [3.63, 3.8) is 0 Å². The minimum Gasteiger partial charge on any atom is -0.192 e. The Labute approximate surface area is 107 Å². The van der Waals surface area contributed by atoms with Gasteiger partial charge in [0.2, 0.25) is 0 Å². The van der Waals surface area contributed by atoms with Crippen LogP contribution in [0.3, 0.4) is 0 Å². The molecule has 1 aromatic rings. The first kappa shape index (κ1) is 12.4. The van der Waals surface area contributed by atoms with Crippen molar-refractivity contribution < 1.29 is 0 Å². The molecule has 1 aliphatic carbocycles. The Morgan fingerprint density at radius 1 is 1.29 bits per heavy atom. The van der Waals surface area contributed by atoms with E-state index in [1.807, 2.05) is 13.8 Å². The molecular formula is C13H17N3S. The Morgan fingerprint density at radius 3 is 2.65 bits per heavy atom. The average Bonchev–Trinajstić information content (AvgIpc) is 2.83. The summed E-state index contributed by atoms with van der Waals surface area (Å²) < 4.78 is 0. The lowest BCUT2D eigenvalue weighted by Gasteiger charge is -2.09. The zero-order valence-electron chi connectivity index (χ0n) is 10.4. The van der Waals surface area contributed by atoms with Crippen molar-refractivity contribution in [3.8, 4) is 6.07 Å². The Hall–Kier alpha value is -1.08. The minimum atomic E-state index is 0.709. The fourth-order valence-electron chi connectivity index (χ4n) is 2.19. The van der Waals surface area contributed by atoms with Gasteiger partial charge in [0, 0.05) is 5.75 Å². The molecule has 90 valence electrons. The van der Waals surface area contributed by atoms with Gasteiger partial charge in [-0.25, -0.2) is 0 Å². The summed E-state index contributed by atoms with van der Waals surface area (Å²) in [6, 6.07) is 2.26. The van der Waals surface area contributed by atoms with Crippen LogP contribution in [-0.2, 0) is 0 Å². The quantitative estimate of drug-likeness (QED) is 0.769. The SMILES string of the molecule is Cc1nnc(SCC2CCCC2)c(C#N)c1C. The first-order valence-electron chi connectivity index (χ1n) is 6.09. The molecule has 0 aromatic carbocycles. The smallest absolute Gasteiger partial charge is 0.137 e. The van der Waals surface area contributed by atoms with Crippen LogP contribution >= 0.6 is 11.8 Å². The van der Waals surface area contributed by atoms with Gasteiger partial charge in [-0.15, -0.1) is 16.9 Å². The molecule has 1 heterocycles. The molecule has 0 saturated heterocycles. The van der Waals surface area contributed by atoms with Crippen LogP contribution in [-0.4, -0.2) is 16.0 Å². The summed E-state index contributed by atoms with van der Waals surface area (Å²) in [4.78, 5) is 0. The molecule has 3 nitrogen and oxygen atoms in total. The summed E-state index contributed by atoms with van der Waals surface area (Å²) in [6.45, 7) is 3.84. The van der Waals surface area contributed by atoms with Crippen molar-refractivity contribution in [3.05, 3.63) is 16.8 Å². The molecule has 2 rings (SSSR count). The van der Waals surface area contributed by atoms with Gasteiger partial charge in [-0.05, 0) is 38.2 Å². The Bertz CT molecular complexity index is 445. The molecule has 17 heavy (non-hydrogen) atoms. The maximum atomic E-state index is 9.18. The van der Waals surface area contributed by atoms with Crippen molar-refractivity contribution in [2.75, 3.05) is 5.75 Å². The van der Waals surface area contributed by atoms with Crippen molar-refractivity contribution in [2.45, 2.75) is 44.6 Å². The van der Waals surface area contributed by atoms with Crippen molar-refractivity contribution >= 4 is 11.8 Å². The number of thioether (sulfide) groups is 1. The molecule has 0 unspecified atom stereocenters. The zero-order valence-corrected chi connectivity index (χ0v) is 11.2. The van der Waals surface area contributed by atoms with Crippen molar-refractivity contribution in [1.29, 1.82) is 5.26 Å². The third kappa shape index (κ3) is 2.78. The summed E-state index contributed by atoms with van der Waals surface area (Å²) in [5.74, 6) is 1.88. The molecule has 1 fully saturated rings. The second-order valence-electron chi connectivity index (χ2n) is 4.66. The van der Waals surface area contributed by atoms with Gasteiger partial charge in [-0.2, -0.15) is 10.4 Å². The van der Waals surface area contributed by atoms with E-state index < -0.39 is 0 Å². The largest absolute Gasteiger partial charge is 0.192 e. The van der Waals surface area contributed by atoms with E-state index in [1.54, 1.807) is 11.8 Å². The van der Waals surface area contributed by atoms with Gasteiger partial charge in [0.05, 0.1) is 11.3 Å². The highest BCUT2D eigenvalue weighted by molar-refractivity contribution is 7.99. The van der Waals surface area contributed by atoms with Gasteiger partial charge in [0.1, 0.15) is 11.1 Å². The Balaban J connectivity index is 2.10. The number of aromatic nitrogens is 2. The average molecular weight is 247 g/mol. The van der Waals surface area contributed by atoms with Crippen LogP contribution in [0.15, 0.2) is 5.03 Å². The third-order valence-electron chi connectivity index (χ3n) is 3.46. The van der Waals surface area contributed by atoms with Crippen molar-refractivity contribution in [1.82, 2.24) is 10.2 Å². The number of rotatable bonds is 3. The van der Waals surface area contributed by atoms with E-state index in [-0.39, 0.29) is 0 Å². The highest BCUT2D eigenvalue weighted by atomic mass is 32.2. The summed E-state index contributed by atoms with van der Waals surface area (Å²) in [5.41, 5.74) is 2.53. The third-order valence-corrected chi connectivity index (χ3v) is 4.66. The Kier molecular flexibility index (Phi) is 4.01. The normalized spacial score (nSPS) is 16.1. The van der Waals surface area contributed by atoms with Gasteiger partial charge in [0.15, 0.2) is 0 Å². The number of hydrogen-bond acceptors (Lipinski definition) is 4. The summed E-state index contributed by atoms with van der Waals surface area (Å²) in [6.07, 6.45) is 5.37. The molecule has 1 aromatic heterocycles. The van der Waals surface area contributed by atoms with Gasteiger partial charge < -0.3 is 0 Å². The van der Waals surface area contributed by atoms with E-state index in [2.05, 4.69) is 16.3 Å². The molecule has 0 aliphatic heterocycles. The summed E-state index contributed by atoms with van der Waals surface area (Å²) in [7, 11) is 0. The van der Waals surface area contributed by atoms with E-state index in [9.17, 15) is 5.26 Å². The van der Waals surface area contributed by atoms with Crippen LogP contribution in [0.25, 0.3) is 0 Å². The van der Waals surface area contributed by atoms with E-state index in [1.165, 1.54) is 25.7 Å². The molecule has 0 atom stereocenters. The minimum absolute atomic E-state index is 0.709. The number of hydrogen-bond donors (Lipinski definition) is 0. The van der Waals surface area contributed by atoms with Crippen LogP contribution in [0.4, 0.5) is 0 Å². The van der Waals surface area contributed by atoms with Crippen molar-refractivity contribution in [2.24, 2.45) is 5.92 Å². The van der Waals surface area contributed by atoms with Crippen LogP contribution in [0, 0.1) is 31.1 Å². The number of nitriles is 1. The van der Waals surface area contributed by atoms with E-state index in [0.717, 1.165) is 28.0 Å². The first-order valence-corrected chi connectivity index (χ1v) is 7.07. The first-order chi connectivity index (χ1) is 8.22. The molecule has 1 aliphatic rings. The topological polar surface area (TPSA) is 49.6 Å². The maximum absolute atomic E-state index is 9.18. The monoisotopic (exact) mass is 247 g/mol. The predicted octanol–water partition coefficient (Wildman–Crippen LogP) is 3.25. The molecule has 0 radical (unpaired) electrons. The molecule has 0 bridgehead atoms. The van der Waals surface area contributed by atoms with E-state index in [4.69, 9.17) is 0 Å². The van der Waals surface area contributed by atoms with Gasteiger partial charge in [-0.1, -0.05) is 12.8 Å². The van der Waals surface area contributed by atoms with Crippen LogP contribution in [0.5, 0.6) is 0 Å². The predicted molar refractivity (Wildman–Crippen MR) is 68.9 cm³/mol. The van der Waals surface area contributed by atoms with Crippen LogP contribution in [0.1, 0.15) is 42.5 Å². The highest BCUT2D eigenvalue weighted by Crippen LogP contribution is 2.31. The second-order valence-corrected chi connectivity index (χ2v) is 5.67. The lowest BCUT2D eigenvalue weighted by atomic mass is 10.1. The van der Waals surface area contributed by atoms with Gasteiger partial charge >= 0.3 is 0 Å². The molecule has 0 amide bonds. The van der Waals surface area contributed by atoms with E-state index >= 15 is 0 Å². The second kappa shape index (κ2) is 5.50. The molecule has 0 N–H and O–H groups in total. The Morgan fingerprint density at radius 2 is 2.00 bits per heavy atom. The zero-order chi connectivity index (χ0) is 12.3. The number of nitrogens with zero attached hydrogens (tertiary/aromatic N) is 3. The van der Waals surface area contributed by atoms with Crippen LogP contribution in [0.2, 0.25) is 0 Å². The number of aryl methyl sites for hydroxylation is 1. The molecule has 1 saturated carbocycles. The fourth-order valence-corrected chi connectivity index (χ4v) is 3.36. The summed E-state index contributed by atoms with van der Waals surface area (Å²) >= 11 is 1.70. The molecule has 0 spiro atoms. The summed E-state index contributed by atoms with van der Waals surface area (Å²) in [5, 5.41) is 18.3. The highest BCUT2D eigenvalue weighted by Gasteiger charge is 2.17. The molecule has 4 heteroatoms.